The summed E-state index contributed by atoms with van der Waals surface area (Å²) in [6, 6.07) is 6.19. The maximum Gasteiger partial charge on any atom is 0.246 e. The fourth-order valence-electron chi connectivity index (χ4n) is 3.82. The predicted molar refractivity (Wildman–Crippen MR) is 140 cm³/mol. The van der Waals surface area contributed by atoms with Crippen molar-refractivity contribution >= 4 is 27.3 Å². The third-order valence-electron chi connectivity index (χ3n) is 6.05. The quantitative estimate of drug-likeness (QED) is 0.378. The first-order chi connectivity index (χ1) is 17.3. The van der Waals surface area contributed by atoms with Crippen molar-refractivity contribution in [3.05, 3.63) is 52.8 Å². The van der Waals surface area contributed by atoms with Crippen LogP contribution in [0.4, 0.5) is 17.3 Å². The third-order valence-corrected chi connectivity index (χ3v) is 7.90. The van der Waals surface area contributed by atoms with Gasteiger partial charge in [-0.3, -0.25) is 0 Å². The van der Waals surface area contributed by atoms with Gasteiger partial charge in [-0.15, -0.1) is 0 Å². The summed E-state index contributed by atoms with van der Waals surface area (Å²) < 4.78 is 32.4. The fourth-order valence-corrected chi connectivity index (χ4v) is 4.81. The Kier molecular flexibility index (Phi) is 6.99. The highest BCUT2D eigenvalue weighted by Crippen LogP contribution is 2.39. The van der Waals surface area contributed by atoms with E-state index in [-0.39, 0.29) is 34.5 Å². The number of fused-ring (bicyclic) bond motifs is 1. The third kappa shape index (κ3) is 5.30. The molecule has 0 bridgehead atoms. The summed E-state index contributed by atoms with van der Waals surface area (Å²) in [6.07, 6.45) is 1.76. The molecule has 0 fully saturated rings. The van der Waals surface area contributed by atoms with Crippen LogP contribution in [0.15, 0.2) is 49.8 Å². The number of phenolic OH excluding ortho intramolecular Hbond substituents is 1. The molecule has 0 saturated heterocycles. The van der Waals surface area contributed by atoms with Crippen LogP contribution in [0.25, 0.3) is 0 Å². The Morgan fingerprint density at radius 1 is 1.08 bits per heavy atom. The Balaban J connectivity index is 1.79. The number of nitrogens with one attached hydrogen (secondary N) is 2. The topological polar surface area (TPSA) is 145 Å². The normalized spacial score (nSPS) is 14.3. The molecule has 1 aromatic carbocycles. The summed E-state index contributed by atoms with van der Waals surface area (Å²) in [5.41, 5.74) is 1.71. The molecule has 37 heavy (non-hydrogen) atoms. The first kappa shape index (κ1) is 26.6. The second kappa shape index (κ2) is 9.75. The molecule has 0 radical (unpaired) electrons. The number of benzene rings is 1. The number of rotatable bonds is 8. The Morgan fingerprint density at radius 2 is 1.73 bits per heavy atom. The molecule has 3 heterocycles. The van der Waals surface area contributed by atoms with E-state index < -0.39 is 15.8 Å². The number of phenols is 1. The molecule has 3 N–H and O–H groups in total. The highest BCUT2D eigenvalue weighted by atomic mass is 32.2. The first-order valence-electron chi connectivity index (χ1n) is 11.9. The molecule has 11 nitrogen and oxygen atoms in total. The van der Waals surface area contributed by atoms with Gasteiger partial charge in [-0.2, -0.15) is 0 Å². The van der Waals surface area contributed by atoms with E-state index in [1.54, 1.807) is 18.4 Å². The van der Waals surface area contributed by atoms with Crippen LogP contribution in [0.5, 0.6) is 5.75 Å². The molecule has 0 spiro atoms. The van der Waals surface area contributed by atoms with Gasteiger partial charge in [0.1, 0.15) is 17.3 Å². The SMILES string of the molecule is CC(C)c1coc([C@H](Nc2nc3c(nc2Nc2cccc(S(=O)(=O)N(C)C)c2O)=NCN=3)C(C)(C)C)c1. The van der Waals surface area contributed by atoms with Crippen LogP contribution in [0.2, 0.25) is 0 Å². The number of hydrogen-bond acceptors (Lipinski definition) is 10. The molecule has 0 unspecified atom stereocenters. The lowest BCUT2D eigenvalue weighted by Crippen LogP contribution is -2.33. The van der Waals surface area contributed by atoms with Crippen molar-refractivity contribution in [2.45, 2.75) is 51.5 Å². The largest absolute Gasteiger partial charge is 0.504 e. The molecule has 3 aromatic rings. The van der Waals surface area contributed by atoms with Crippen LogP contribution in [0, 0.1) is 5.41 Å². The molecule has 12 heteroatoms. The fraction of sp³-hybridized carbons (Fsp3) is 0.440. The predicted octanol–water partition coefficient (Wildman–Crippen LogP) is 3.30. The average molecular weight is 528 g/mol. The zero-order valence-corrected chi connectivity index (χ0v) is 22.9. The van der Waals surface area contributed by atoms with Gasteiger partial charge in [-0.25, -0.2) is 32.7 Å². The number of anilines is 3. The smallest absolute Gasteiger partial charge is 0.246 e. The summed E-state index contributed by atoms with van der Waals surface area (Å²) in [6.45, 7) is 10.7. The van der Waals surface area contributed by atoms with Crippen LogP contribution in [-0.2, 0) is 10.0 Å². The molecule has 1 aliphatic heterocycles. The van der Waals surface area contributed by atoms with Gasteiger partial charge >= 0.3 is 0 Å². The standard InChI is InChI=1S/C25H33N7O4S/c1-14(2)15-11-17(36-12-15)20(25(3,4)5)29-24-23(30-21-22(31-24)27-13-26-21)28-16-9-8-10-18(19(16)33)37(34,35)32(6)7/h8-12,14,20,33H,13H2,1-7H3,(H,26,28,30)(H,27,29,31)/t20-/m0/s1. The van der Waals surface area contributed by atoms with E-state index >= 15 is 0 Å². The van der Waals surface area contributed by atoms with E-state index in [0.29, 0.717) is 22.7 Å². The maximum atomic E-state index is 12.7. The molecule has 198 valence electrons. The maximum absolute atomic E-state index is 12.7. The van der Waals surface area contributed by atoms with Crippen molar-refractivity contribution in [3.63, 3.8) is 0 Å². The van der Waals surface area contributed by atoms with E-state index in [1.165, 1.54) is 20.2 Å². The monoisotopic (exact) mass is 527 g/mol. The second-order valence-electron chi connectivity index (χ2n) is 10.5. The highest BCUT2D eigenvalue weighted by molar-refractivity contribution is 7.89. The molecule has 0 aliphatic carbocycles. The molecule has 0 amide bonds. The second-order valence-corrected chi connectivity index (χ2v) is 12.6. The molecule has 2 aromatic heterocycles. The Labute approximate surface area is 216 Å². The minimum Gasteiger partial charge on any atom is -0.504 e. The van der Waals surface area contributed by atoms with Crippen molar-refractivity contribution in [2.24, 2.45) is 15.4 Å². The number of sulfonamides is 1. The molecular formula is C25H33N7O4S. The highest BCUT2D eigenvalue weighted by Gasteiger charge is 2.31. The van der Waals surface area contributed by atoms with Gasteiger partial charge in [-0.1, -0.05) is 40.7 Å². The van der Waals surface area contributed by atoms with E-state index in [9.17, 15) is 13.5 Å². The summed E-state index contributed by atoms with van der Waals surface area (Å²) in [4.78, 5) is 17.6. The van der Waals surface area contributed by atoms with E-state index in [4.69, 9.17) is 4.42 Å². The Morgan fingerprint density at radius 3 is 2.30 bits per heavy atom. The van der Waals surface area contributed by atoms with Gasteiger partial charge in [0.25, 0.3) is 0 Å². The van der Waals surface area contributed by atoms with Crippen LogP contribution in [0.3, 0.4) is 0 Å². The van der Waals surface area contributed by atoms with Crippen LogP contribution in [0.1, 0.15) is 57.9 Å². The molecule has 1 aliphatic rings. The van der Waals surface area contributed by atoms with Gasteiger partial charge in [-0.05, 0) is 35.1 Å². The lowest BCUT2D eigenvalue weighted by molar-refractivity contribution is 0.303. The van der Waals surface area contributed by atoms with Crippen LogP contribution < -0.4 is 21.6 Å². The molecule has 4 rings (SSSR count). The minimum absolute atomic E-state index is 0.155. The summed E-state index contributed by atoms with van der Waals surface area (Å²) in [7, 11) is -1.07. The van der Waals surface area contributed by atoms with Crippen molar-refractivity contribution in [1.82, 2.24) is 14.3 Å². The Bertz CT molecular complexity index is 1540. The van der Waals surface area contributed by atoms with E-state index in [1.807, 2.05) is 6.07 Å². The first-order valence-corrected chi connectivity index (χ1v) is 13.4. The van der Waals surface area contributed by atoms with E-state index in [0.717, 1.165) is 15.6 Å². The van der Waals surface area contributed by atoms with Gasteiger partial charge in [0.05, 0.1) is 18.0 Å². The van der Waals surface area contributed by atoms with Crippen molar-refractivity contribution < 1.29 is 17.9 Å². The summed E-state index contributed by atoms with van der Waals surface area (Å²) in [5.74, 6) is 1.25. The molecule has 1 atom stereocenters. The number of furan rings is 1. The summed E-state index contributed by atoms with van der Waals surface area (Å²) >= 11 is 0. The number of nitrogens with zero attached hydrogens (tertiary/aromatic N) is 5. The van der Waals surface area contributed by atoms with Crippen molar-refractivity contribution in [3.8, 4) is 5.75 Å². The number of aromatic nitrogens is 2. The zero-order valence-electron chi connectivity index (χ0n) is 22.1. The van der Waals surface area contributed by atoms with Crippen LogP contribution in [-0.4, -0.2) is 48.6 Å². The molecule has 0 saturated carbocycles. The lowest BCUT2D eigenvalue weighted by atomic mass is 9.85. The van der Waals surface area contributed by atoms with Gasteiger partial charge < -0.3 is 20.2 Å². The van der Waals surface area contributed by atoms with E-state index in [2.05, 4.69) is 65.2 Å². The van der Waals surface area contributed by atoms with Gasteiger partial charge in [0.2, 0.25) is 10.0 Å². The Hall–Kier alpha value is -3.51. The number of hydrogen-bond donors (Lipinski definition) is 3. The van der Waals surface area contributed by atoms with Gasteiger partial charge in [0.15, 0.2) is 28.4 Å². The number of para-hydroxylation sites is 1. The van der Waals surface area contributed by atoms with Crippen LogP contribution >= 0.6 is 0 Å². The zero-order chi connectivity index (χ0) is 27.1. The molecular weight excluding hydrogens is 494 g/mol. The lowest BCUT2D eigenvalue weighted by Gasteiger charge is -2.30. The van der Waals surface area contributed by atoms with Crippen molar-refractivity contribution in [1.29, 1.82) is 0 Å². The summed E-state index contributed by atoms with van der Waals surface area (Å²) in [5, 5.41) is 17.4. The van der Waals surface area contributed by atoms with Gasteiger partial charge in [0, 0.05) is 14.1 Å². The average Bonchev–Trinajstić information content (AvgIpc) is 3.47. The number of aromatic hydroxyl groups is 1. The van der Waals surface area contributed by atoms with Crippen molar-refractivity contribution in [2.75, 3.05) is 31.4 Å². The minimum atomic E-state index is -3.88.